The van der Waals surface area contributed by atoms with Crippen molar-refractivity contribution < 1.29 is 8.83 Å². The van der Waals surface area contributed by atoms with Crippen molar-refractivity contribution in [3.05, 3.63) is 187 Å². The number of furan rings is 2. The molecule has 294 valence electrons. The molecule has 13 rings (SSSR count). The van der Waals surface area contributed by atoms with Crippen LogP contribution in [0.1, 0.15) is 43.2 Å². The van der Waals surface area contributed by atoms with Crippen molar-refractivity contribution >= 4 is 43.9 Å². The first-order valence-corrected chi connectivity index (χ1v) is 21.7. The minimum Gasteiger partial charge on any atom is -0.456 e. The predicted octanol–water partition coefficient (Wildman–Crippen LogP) is 15.2. The quantitative estimate of drug-likeness (QED) is 0.174. The lowest BCUT2D eigenvalue weighted by atomic mass is 9.66. The number of para-hydroxylation sites is 2. The van der Waals surface area contributed by atoms with E-state index < -0.39 is 0 Å². The van der Waals surface area contributed by atoms with E-state index in [4.69, 9.17) is 23.8 Å². The van der Waals surface area contributed by atoms with Gasteiger partial charge >= 0.3 is 0 Å². The summed E-state index contributed by atoms with van der Waals surface area (Å²) in [6, 6.07) is 62.4. The van der Waals surface area contributed by atoms with E-state index in [1.54, 1.807) is 0 Å². The van der Waals surface area contributed by atoms with Gasteiger partial charge in [0.1, 0.15) is 22.3 Å². The summed E-state index contributed by atoms with van der Waals surface area (Å²) < 4.78 is 12.4. The molecule has 62 heavy (non-hydrogen) atoms. The number of hydrogen-bond acceptors (Lipinski definition) is 5. The van der Waals surface area contributed by atoms with E-state index >= 15 is 0 Å². The van der Waals surface area contributed by atoms with Crippen LogP contribution in [0.15, 0.2) is 185 Å². The molecule has 0 amide bonds. The van der Waals surface area contributed by atoms with Crippen LogP contribution in [0.5, 0.6) is 0 Å². The number of nitrogens with zero attached hydrogens (tertiary/aromatic N) is 3. The number of rotatable bonds is 5. The van der Waals surface area contributed by atoms with Crippen molar-refractivity contribution in [1.82, 2.24) is 15.0 Å². The maximum absolute atomic E-state index is 6.19. The molecule has 1 spiro atoms. The van der Waals surface area contributed by atoms with E-state index in [9.17, 15) is 0 Å². The van der Waals surface area contributed by atoms with E-state index in [0.717, 1.165) is 71.7 Å². The molecule has 5 heteroatoms. The van der Waals surface area contributed by atoms with E-state index in [-0.39, 0.29) is 5.41 Å². The molecule has 0 unspecified atom stereocenters. The van der Waals surface area contributed by atoms with E-state index in [1.807, 2.05) is 60.7 Å². The molecule has 3 heterocycles. The second-order valence-corrected chi connectivity index (χ2v) is 17.0. The Balaban J connectivity index is 0.942. The third-order valence-electron chi connectivity index (χ3n) is 13.5. The van der Waals surface area contributed by atoms with Crippen LogP contribution in [-0.4, -0.2) is 15.0 Å². The summed E-state index contributed by atoms with van der Waals surface area (Å²) >= 11 is 0. The van der Waals surface area contributed by atoms with Crippen molar-refractivity contribution in [2.45, 2.75) is 37.5 Å². The minimum atomic E-state index is 0.0648. The fourth-order valence-corrected chi connectivity index (χ4v) is 10.7. The largest absolute Gasteiger partial charge is 0.456 e. The minimum absolute atomic E-state index is 0.0648. The third-order valence-corrected chi connectivity index (χ3v) is 13.5. The molecule has 0 aliphatic heterocycles. The van der Waals surface area contributed by atoms with Gasteiger partial charge in [0.25, 0.3) is 0 Å². The van der Waals surface area contributed by atoms with Gasteiger partial charge in [-0.15, -0.1) is 0 Å². The topological polar surface area (TPSA) is 65.0 Å². The van der Waals surface area contributed by atoms with Gasteiger partial charge in [0.15, 0.2) is 17.5 Å². The normalized spacial score (nSPS) is 14.3. The Morgan fingerprint density at radius 3 is 1.45 bits per heavy atom. The number of fused-ring (bicyclic) bond motifs is 11. The fraction of sp³-hybridized carbons (Fsp3) is 0.105. The Morgan fingerprint density at radius 1 is 0.339 bits per heavy atom. The maximum atomic E-state index is 6.19. The van der Waals surface area contributed by atoms with Crippen LogP contribution in [0.25, 0.3) is 111 Å². The molecule has 0 bridgehead atoms. The van der Waals surface area contributed by atoms with Crippen LogP contribution in [0, 0.1) is 0 Å². The van der Waals surface area contributed by atoms with Gasteiger partial charge in [-0.3, -0.25) is 0 Å². The molecule has 1 saturated carbocycles. The smallest absolute Gasteiger partial charge is 0.164 e. The zero-order valence-electron chi connectivity index (χ0n) is 33.9. The highest BCUT2D eigenvalue weighted by Crippen LogP contribution is 2.58. The van der Waals surface area contributed by atoms with Gasteiger partial charge in [0, 0.05) is 43.7 Å². The zero-order valence-corrected chi connectivity index (χ0v) is 33.9. The molecule has 0 N–H and O–H groups in total. The molecule has 0 radical (unpaired) electrons. The van der Waals surface area contributed by atoms with E-state index in [0.29, 0.717) is 17.5 Å². The van der Waals surface area contributed by atoms with Gasteiger partial charge in [0.2, 0.25) is 0 Å². The van der Waals surface area contributed by atoms with Gasteiger partial charge in [-0.25, -0.2) is 15.0 Å². The van der Waals surface area contributed by atoms with Crippen molar-refractivity contribution in [2.24, 2.45) is 0 Å². The summed E-state index contributed by atoms with van der Waals surface area (Å²) in [7, 11) is 0. The Labute approximate surface area is 358 Å². The molecule has 1 fully saturated rings. The monoisotopic (exact) mass is 797 g/mol. The molecule has 2 aliphatic carbocycles. The Bertz CT molecular complexity index is 3460. The summed E-state index contributed by atoms with van der Waals surface area (Å²) in [5, 5.41) is 4.17. The molecular formula is C57H39N3O2. The average molecular weight is 798 g/mol. The van der Waals surface area contributed by atoms with Crippen molar-refractivity contribution in [3.8, 4) is 67.5 Å². The lowest BCUT2D eigenvalue weighted by molar-refractivity contribution is 0.353. The first-order chi connectivity index (χ1) is 30.7. The second kappa shape index (κ2) is 13.7. The van der Waals surface area contributed by atoms with Crippen LogP contribution in [0.4, 0.5) is 0 Å². The molecule has 2 aliphatic rings. The van der Waals surface area contributed by atoms with Gasteiger partial charge in [-0.05, 0) is 118 Å². The first-order valence-electron chi connectivity index (χ1n) is 21.7. The maximum Gasteiger partial charge on any atom is 0.164 e. The summed E-state index contributed by atoms with van der Waals surface area (Å²) in [4.78, 5) is 15.6. The fourth-order valence-electron chi connectivity index (χ4n) is 10.7. The van der Waals surface area contributed by atoms with Crippen LogP contribution in [0.3, 0.4) is 0 Å². The van der Waals surface area contributed by atoms with Crippen LogP contribution in [0.2, 0.25) is 0 Å². The number of hydrogen-bond donors (Lipinski definition) is 0. The highest BCUT2D eigenvalue weighted by Gasteiger charge is 2.45. The lowest BCUT2D eigenvalue weighted by Crippen LogP contribution is -2.28. The van der Waals surface area contributed by atoms with E-state index in [2.05, 4.69) is 115 Å². The summed E-state index contributed by atoms with van der Waals surface area (Å²) in [5.74, 6) is 1.80. The molecule has 5 nitrogen and oxygen atoms in total. The third kappa shape index (κ3) is 5.44. The van der Waals surface area contributed by atoms with Crippen molar-refractivity contribution in [1.29, 1.82) is 0 Å². The molecule has 3 aromatic heterocycles. The predicted molar refractivity (Wildman–Crippen MR) is 251 cm³/mol. The van der Waals surface area contributed by atoms with E-state index in [1.165, 1.54) is 65.5 Å². The van der Waals surface area contributed by atoms with Gasteiger partial charge in [0.05, 0.1) is 0 Å². The molecule has 0 saturated heterocycles. The van der Waals surface area contributed by atoms with Crippen LogP contribution in [-0.2, 0) is 5.41 Å². The van der Waals surface area contributed by atoms with Gasteiger partial charge in [-0.2, -0.15) is 0 Å². The molecule has 0 atom stereocenters. The first kappa shape index (κ1) is 35.2. The Hall–Kier alpha value is -7.63. The Kier molecular flexibility index (Phi) is 7.77. The molecule has 8 aromatic carbocycles. The number of aromatic nitrogens is 3. The van der Waals surface area contributed by atoms with Crippen LogP contribution < -0.4 is 0 Å². The Morgan fingerprint density at radius 2 is 0.806 bits per heavy atom. The zero-order chi connectivity index (χ0) is 40.8. The average Bonchev–Trinajstić information content (AvgIpc) is 3.99. The number of benzene rings is 8. The summed E-state index contributed by atoms with van der Waals surface area (Å²) in [6.45, 7) is 0. The molecule has 11 aromatic rings. The second-order valence-electron chi connectivity index (χ2n) is 17.0. The SMILES string of the molecule is c1cc(-c2cccc(-c3cccc4c3C3(CCCCC3)c3ccccc3-4)c2)cc(-c2nc(-c3ccc4oc5ccccc5c4c3)nc(-c3ccc4oc5ccccc5c4c3)n2)c1. The summed E-state index contributed by atoms with van der Waals surface area (Å²) in [5.41, 5.74) is 16.8. The highest BCUT2D eigenvalue weighted by molar-refractivity contribution is 6.07. The standard InChI is InChI=1S/C57H39N3O2/c1-8-29-57(30-9-1)48-22-5-2-17-42(48)45-21-12-20-41(53(45)57)37-15-10-13-35(31-37)36-14-11-16-38(32-36)54-58-55(39-25-27-51-46(33-39)43-18-3-6-23-49(43)61-51)60-56(59-54)40-26-28-52-47(34-40)44-19-4-7-24-50(44)62-52/h2-7,10-28,31-34H,1,8-9,29-30H2. The highest BCUT2D eigenvalue weighted by atomic mass is 16.3. The van der Waals surface area contributed by atoms with Crippen molar-refractivity contribution in [2.75, 3.05) is 0 Å². The van der Waals surface area contributed by atoms with Crippen molar-refractivity contribution in [3.63, 3.8) is 0 Å². The summed E-state index contributed by atoms with van der Waals surface area (Å²) in [6.07, 6.45) is 6.23. The van der Waals surface area contributed by atoms with Crippen LogP contribution >= 0.6 is 0 Å². The lowest BCUT2D eigenvalue weighted by Gasteiger charge is -2.37. The van der Waals surface area contributed by atoms with Gasteiger partial charge in [-0.1, -0.05) is 135 Å². The van der Waals surface area contributed by atoms with Gasteiger partial charge < -0.3 is 8.83 Å². The molecular weight excluding hydrogens is 759 g/mol.